The molecule has 5 heteroatoms. The van der Waals surface area contributed by atoms with Gasteiger partial charge in [0, 0.05) is 11.1 Å². The second kappa shape index (κ2) is 6.34. The van der Waals surface area contributed by atoms with Crippen molar-refractivity contribution in [3.05, 3.63) is 34.3 Å². The first-order valence-corrected chi connectivity index (χ1v) is 8.15. The number of hydrazine groups is 1. The van der Waals surface area contributed by atoms with E-state index in [2.05, 4.69) is 23.1 Å². The molecule has 1 aliphatic carbocycles. The number of carbonyl (C=O) groups is 1. The zero-order chi connectivity index (χ0) is 14.8. The highest BCUT2D eigenvalue weighted by atomic mass is 35.5. The smallest absolute Gasteiger partial charge is 0.239 e. The second-order valence-electron chi connectivity index (χ2n) is 6.01. The summed E-state index contributed by atoms with van der Waals surface area (Å²) in [6.07, 6.45) is 5.03. The van der Waals surface area contributed by atoms with E-state index in [9.17, 15) is 4.79 Å². The average Bonchev–Trinajstić information content (AvgIpc) is 3.06. The van der Waals surface area contributed by atoms with Gasteiger partial charge in [0.2, 0.25) is 5.91 Å². The van der Waals surface area contributed by atoms with Gasteiger partial charge in [-0.3, -0.25) is 10.2 Å². The van der Waals surface area contributed by atoms with Crippen LogP contribution < -0.4 is 16.2 Å². The topological polar surface area (TPSA) is 53.2 Å². The SMILES string of the molecule is CCCC1CC(C(=O)NC2CCc3cc(Cl)ccc32)NN1. The number of amides is 1. The van der Waals surface area contributed by atoms with Crippen LogP contribution >= 0.6 is 11.6 Å². The van der Waals surface area contributed by atoms with E-state index < -0.39 is 0 Å². The molecule has 1 heterocycles. The molecule has 3 N–H and O–H groups in total. The third kappa shape index (κ3) is 3.23. The maximum Gasteiger partial charge on any atom is 0.239 e. The van der Waals surface area contributed by atoms with Crippen LogP contribution in [0.5, 0.6) is 0 Å². The van der Waals surface area contributed by atoms with Crippen molar-refractivity contribution < 1.29 is 4.79 Å². The normalized spacial score (nSPS) is 27.6. The molecular weight excluding hydrogens is 286 g/mol. The summed E-state index contributed by atoms with van der Waals surface area (Å²) >= 11 is 6.02. The van der Waals surface area contributed by atoms with Crippen molar-refractivity contribution in [1.82, 2.24) is 16.2 Å². The number of aryl methyl sites for hydroxylation is 1. The molecule has 0 bridgehead atoms. The number of fused-ring (bicyclic) bond motifs is 1. The van der Waals surface area contributed by atoms with Crippen molar-refractivity contribution in [3.63, 3.8) is 0 Å². The highest BCUT2D eigenvalue weighted by Gasteiger charge is 2.31. The Morgan fingerprint density at radius 2 is 2.29 bits per heavy atom. The summed E-state index contributed by atoms with van der Waals surface area (Å²) in [6, 6.07) is 6.35. The summed E-state index contributed by atoms with van der Waals surface area (Å²) in [5.41, 5.74) is 8.80. The van der Waals surface area contributed by atoms with Crippen molar-refractivity contribution in [2.24, 2.45) is 0 Å². The minimum atomic E-state index is -0.127. The van der Waals surface area contributed by atoms with E-state index in [1.165, 1.54) is 11.1 Å². The minimum Gasteiger partial charge on any atom is -0.348 e. The molecule has 0 radical (unpaired) electrons. The Morgan fingerprint density at radius 3 is 3.10 bits per heavy atom. The van der Waals surface area contributed by atoms with Crippen LogP contribution in [-0.2, 0) is 11.2 Å². The molecule has 1 fully saturated rings. The summed E-state index contributed by atoms with van der Waals surface area (Å²) in [5.74, 6) is 0.0916. The maximum atomic E-state index is 12.4. The van der Waals surface area contributed by atoms with Crippen molar-refractivity contribution in [2.75, 3.05) is 0 Å². The average molecular weight is 308 g/mol. The third-order valence-electron chi connectivity index (χ3n) is 4.43. The summed E-state index contributed by atoms with van der Waals surface area (Å²) in [7, 11) is 0. The molecule has 114 valence electrons. The first kappa shape index (κ1) is 14.8. The summed E-state index contributed by atoms with van der Waals surface area (Å²) in [6.45, 7) is 2.16. The Kier molecular flexibility index (Phi) is 4.48. The molecule has 1 aromatic rings. The van der Waals surface area contributed by atoms with Gasteiger partial charge in [0.1, 0.15) is 6.04 Å². The highest BCUT2D eigenvalue weighted by molar-refractivity contribution is 6.30. The van der Waals surface area contributed by atoms with E-state index in [-0.39, 0.29) is 18.0 Å². The number of hydrogen-bond acceptors (Lipinski definition) is 3. The predicted molar refractivity (Wildman–Crippen MR) is 84.0 cm³/mol. The maximum absolute atomic E-state index is 12.4. The molecule has 3 atom stereocenters. The number of nitrogens with one attached hydrogen (secondary N) is 3. The number of benzene rings is 1. The lowest BCUT2D eigenvalue weighted by Crippen LogP contribution is -2.44. The first-order chi connectivity index (χ1) is 10.2. The number of halogens is 1. The van der Waals surface area contributed by atoms with E-state index in [1.54, 1.807) is 0 Å². The molecule has 1 amide bonds. The van der Waals surface area contributed by atoms with Crippen LogP contribution in [0.2, 0.25) is 5.02 Å². The van der Waals surface area contributed by atoms with Crippen molar-refractivity contribution in [3.8, 4) is 0 Å². The van der Waals surface area contributed by atoms with Gasteiger partial charge in [-0.2, -0.15) is 0 Å². The lowest BCUT2D eigenvalue weighted by Gasteiger charge is -2.17. The molecular formula is C16H22ClN3O. The highest BCUT2D eigenvalue weighted by Crippen LogP contribution is 2.33. The van der Waals surface area contributed by atoms with Crippen LogP contribution in [0.25, 0.3) is 0 Å². The van der Waals surface area contributed by atoms with Crippen molar-refractivity contribution in [2.45, 2.75) is 57.2 Å². The van der Waals surface area contributed by atoms with E-state index in [0.29, 0.717) is 6.04 Å². The lowest BCUT2D eigenvalue weighted by molar-refractivity contribution is -0.123. The first-order valence-electron chi connectivity index (χ1n) is 7.77. The van der Waals surface area contributed by atoms with Crippen LogP contribution in [0.15, 0.2) is 18.2 Å². The Hall–Kier alpha value is -1.10. The third-order valence-corrected chi connectivity index (χ3v) is 4.67. The lowest BCUT2D eigenvalue weighted by atomic mass is 10.0. The molecule has 1 aromatic carbocycles. The minimum absolute atomic E-state index is 0.0916. The van der Waals surface area contributed by atoms with Crippen LogP contribution in [0.1, 0.15) is 49.8 Å². The van der Waals surface area contributed by atoms with Crippen LogP contribution in [0.3, 0.4) is 0 Å². The molecule has 3 rings (SSSR count). The molecule has 0 spiro atoms. The van der Waals surface area contributed by atoms with Crippen LogP contribution in [0.4, 0.5) is 0 Å². The molecule has 1 aliphatic heterocycles. The van der Waals surface area contributed by atoms with Gasteiger partial charge in [-0.1, -0.05) is 31.0 Å². The molecule has 3 unspecified atom stereocenters. The molecule has 1 saturated heterocycles. The Balaban J connectivity index is 1.60. The van der Waals surface area contributed by atoms with Crippen LogP contribution in [0, 0.1) is 0 Å². The molecule has 0 saturated carbocycles. The number of rotatable bonds is 4. The van der Waals surface area contributed by atoms with Gasteiger partial charge in [0.25, 0.3) is 0 Å². The van der Waals surface area contributed by atoms with Gasteiger partial charge in [-0.15, -0.1) is 0 Å². The zero-order valence-corrected chi connectivity index (χ0v) is 13.0. The number of hydrogen-bond donors (Lipinski definition) is 3. The largest absolute Gasteiger partial charge is 0.348 e. The van der Waals surface area contributed by atoms with E-state index in [0.717, 1.165) is 37.1 Å². The summed E-state index contributed by atoms with van der Waals surface area (Å²) in [4.78, 5) is 12.4. The molecule has 21 heavy (non-hydrogen) atoms. The van der Waals surface area contributed by atoms with Gasteiger partial charge in [0.15, 0.2) is 0 Å². The van der Waals surface area contributed by atoms with Gasteiger partial charge in [-0.05, 0) is 48.9 Å². The van der Waals surface area contributed by atoms with Gasteiger partial charge in [-0.25, -0.2) is 5.43 Å². The van der Waals surface area contributed by atoms with E-state index in [1.807, 2.05) is 18.2 Å². The monoisotopic (exact) mass is 307 g/mol. The fraction of sp³-hybridized carbons (Fsp3) is 0.562. The Labute approximate surface area is 130 Å². The quantitative estimate of drug-likeness (QED) is 0.801. The van der Waals surface area contributed by atoms with Gasteiger partial charge in [0.05, 0.1) is 6.04 Å². The second-order valence-corrected chi connectivity index (χ2v) is 6.44. The summed E-state index contributed by atoms with van der Waals surface area (Å²) < 4.78 is 0. The van der Waals surface area contributed by atoms with Gasteiger partial charge >= 0.3 is 0 Å². The Morgan fingerprint density at radius 1 is 1.43 bits per heavy atom. The molecule has 4 nitrogen and oxygen atoms in total. The van der Waals surface area contributed by atoms with E-state index in [4.69, 9.17) is 11.6 Å². The fourth-order valence-corrected chi connectivity index (χ4v) is 3.53. The van der Waals surface area contributed by atoms with Gasteiger partial charge < -0.3 is 5.32 Å². The molecule has 2 aliphatic rings. The van der Waals surface area contributed by atoms with E-state index >= 15 is 0 Å². The van der Waals surface area contributed by atoms with Crippen molar-refractivity contribution in [1.29, 1.82) is 0 Å². The predicted octanol–water partition coefficient (Wildman–Crippen LogP) is 2.48. The van der Waals surface area contributed by atoms with Crippen molar-refractivity contribution >= 4 is 17.5 Å². The fourth-order valence-electron chi connectivity index (χ4n) is 3.34. The zero-order valence-electron chi connectivity index (χ0n) is 12.3. The number of carbonyl (C=O) groups excluding carboxylic acids is 1. The summed E-state index contributed by atoms with van der Waals surface area (Å²) in [5, 5.41) is 3.94. The van der Waals surface area contributed by atoms with Crippen LogP contribution in [-0.4, -0.2) is 18.0 Å². The Bertz CT molecular complexity index is 534. The molecule has 0 aromatic heterocycles. The standard InChI is InChI=1S/C16H22ClN3O/c1-2-3-12-9-15(20-19-12)16(21)18-14-7-4-10-8-11(17)5-6-13(10)14/h5-6,8,12,14-15,19-20H,2-4,7,9H2,1H3,(H,18,21).